The third-order valence-corrected chi connectivity index (χ3v) is 3.88. The lowest BCUT2D eigenvalue weighted by Crippen LogP contribution is -2.29. The molecule has 3 rings (SSSR count). The van der Waals surface area contributed by atoms with Crippen LogP contribution in [0.3, 0.4) is 0 Å². The molecule has 2 unspecified atom stereocenters. The number of carboxylic acids is 1. The van der Waals surface area contributed by atoms with Gasteiger partial charge in [0.2, 0.25) is 0 Å². The van der Waals surface area contributed by atoms with E-state index in [1.165, 1.54) is 11.1 Å². The summed E-state index contributed by atoms with van der Waals surface area (Å²) < 4.78 is 1.93. The zero-order chi connectivity index (χ0) is 13.4. The van der Waals surface area contributed by atoms with Crippen LogP contribution in [0.4, 0.5) is 0 Å². The molecular weight excluding hydrogens is 240 g/mol. The number of carboxylic acid groups (broad SMARTS) is 1. The Kier molecular flexibility index (Phi) is 2.87. The molecule has 2 aromatic rings. The highest BCUT2D eigenvalue weighted by molar-refractivity contribution is 5.87. The van der Waals surface area contributed by atoms with Crippen LogP contribution in [0.2, 0.25) is 0 Å². The number of carbonyl (C=O) groups is 1. The molecule has 1 aromatic carbocycles. The Morgan fingerprint density at radius 3 is 2.84 bits per heavy atom. The molecule has 0 bridgehead atoms. The smallest absolute Gasteiger partial charge is 0.337 e. The van der Waals surface area contributed by atoms with Crippen molar-refractivity contribution in [2.45, 2.75) is 24.9 Å². The lowest BCUT2D eigenvalue weighted by Gasteiger charge is -2.32. The molecule has 98 valence electrons. The standard InChI is InChI=1S/C15H16N2O2/c16-14-12-4-2-1-3-10(12)5-6-13(14)17-8-7-11(9-17)15(18)19/h1-4,7-9,13-14H,5-6,16H2,(H,18,19). The van der Waals surface area contributed by atoms with Gasteiger partial charge in [-0.25, -0.2) is 4.79 Å². The summed E-state index contributed by atoms with van der Waals surface area (Å²) in [5.74, 6) is -0.900. The first-order valence-electron chi connectivity index (χ1n) is 6.41. The van der Waals surface area contributed by atoms with Crippen LogP contribution in [0, 0.1) is 0 Å². The van der Waals surface area contributed by atoms with E-state index >= 15 is 0 Å². The molecule has 1 aliphatic rings. The summed E-state index contributed by atoms with van der Waals surface area (Å²) in [6.07, 6.45) is 5.39. The van der Waals surface area contributed by atoms with E-state index in [0.29, 0.717) is 5.56 Å². The number of hydrogen-bond acceptors (Lipinski definition) is 2. The van der Waals surface area contributed by atoms with E-state index in [1.807, 2.05) is 22.9 Å². The average Bonchev–Trinajstić information content (AvgIpc) is 2.89. The summed E-state index contributed by atoms with van der Waals surface area (Å²) in [6, 6.07) is 9.87. The summed E-state index contributed by atoms with van der Waals surface area (Å²) in [4.78, 5) is 10.9. The molecule has 0 saturated carbocycles. The molecule has 19 heavy (non-hydrogen) atoms. The number of aryl methyl sites for hydroxylation is 1. The van der Waals surface area contributed by atoms with Crippen LogP contribution in [-0.2, 0) is 6.42 Å². The van der Waals surface area contributed by atoms with Crippen molar-refractivity contribution in [1.82, 2.24) is 4.57 Å². The van der Waals surface area contributed by atoms with Gasteiger partial charge in [0.25, 0.3) is 0 Å². The Bertz CT molecular complexity index is 618. The topological polar surface area (TPSA) is 68.2 Å². The largest absolute Gasteiger partial charge is 0.478 e. The van der Waals surface area contributed by atoms with Crippen LogP contribution in [0.1, 0.15) is 40.0 Å². The van der Waals surface area contributed by atoms with E-state index in [-0.39, 0.29) is 12.1 Å². The highest BCUT2D eigenvalue weighted by Gasteiger charge is 2.27. The minimum absolute atomic E-state index is 0.0843. The predicted molar refractivity (Wildman–Crippen MR) is 72.1 cm³/mol. The maximum absolute atomic E-state index is 10.9. The van der Waals surface area contributed by atoms with E-state index in [4.69, 9.17) is 10.8 Å². The van der Waals surface area contributed by atoms with Crippen LogP contribution < -0.4 is 5.73 Å². The molecular formula is C15H16N2O2. The van der Waals surface area contributed by atoms with Gasteiger partial charge in [-0.3, -0.25) is 0 Å². The van der Waals surface area contributed by atoms with Crippen LogP contribution >= 0.6 is 0 Å². The number of aromatic nitrogens is 1. The van der Waals surface area contributed by atoms with Gasteiger partial charge in [0.05, 0.1) is 17.6 Å². The normalized spacial score (nSPS) is 21.9. The number of benzene rings is 1. The first kappa shape index (κ1) is 12.0. The van der Waals surface area contributed by atoms with Crippen molar-refractivity contribution in [1.29, 1.82) is 0 Å². The van der Waals surface area contributed by atoms with Gasteiger partial charge in [0, 0.05) is 12.4 Å². The van der Waals surface area contributed by atoms with Gasteiger partial charge in [0.1, 0.15) is 0 Å². The fourth-order valence-corrected chi connectivity index (χ4v) is 2.86. The molecule has 0 spiro atoms. The minimum Gasteiger partial charge on any atom is -0.478 e. The predicted octanol–water partition coefficient (Wildman–Crippen LogP) is 2.37. The van der Waals surface area contributed by atoms with Crippen molar-refractivity contribution >= 4 is 5.97 Å². The average molecular weight is 256 g/mol. The van der Waals surface area contributed by atoms with Gasteiger partial charge in [-0.2, -0.15) is 0 Å². The highest BCUT2D eigenvalue weighted by Crippen LogP contribution is 2.36. The number of fused-ring (bicyclic) bond motifs is 1. The fourth-order valence-electron chi connectivity index (χ4n) is 2.86. The highest BCUT2D eigenvalue weighted by atomic mass is 16.4. The molecule has 2 atom stereocenters. The molecule has 1 aromatic heterocycles. The van der Waals surface area contributed by atoms with Crippen LogP contribution in [0.25, 0.3) is 0 Å². The number of rotatable bonds is 2. The molecule has 4 nitrogen and oxygen atoms in total. The maximum Gasteiger partial charge on any atom is 0.337 e. The molecule has 0 radical (unpaired) electrons. The third kappa shape index (κ3) is 2.04. The molecule has 0 saturated heterocycles. The van der Waals surface area contributed by atoms with Crippen molar-refractivity contribution in [3.05, 3.63) is 59.4 Å². The lowest BCUT2D eigenvalue weighted by molar-refractivity contribution is 0.0696. The number of nitrogens with zero attached hydrogens (tertiary/aromatic N) is 1. The van der Waals surface area contributed by atoms with Crippen molar-refractivity contribution in [3.63, 3.8) is 0 Å². The van der Waals surface area contributed by atoms with Crippen molar-refractivity contribution in [2.24, 2.45) is 5.73 Å². The third-order valence-electron chi connectivity index (χ3n) is 3.88. The van der Waals surface area contributed by atoms with Gasteiger partial charge >= 0.3 is 5.97 Å². The van der Waals surface area contributed by atoms with E-state index in [1.54, 1.807) is 12.3 Å². The molecule has 1 aliphatic carbocycles. The van der Waals surface area contributed by atoms with Crippen molar-refractivity contribution in [3.8, 4) is 0 Å². The fraction of sp³-hybridized carbons (Fsp3) is 0.267. The summed E-state index contributed by atoms with van der Waals surface area (Å²) >= 11 is 0. The Hall–Kier alpha value is -2.07. The van der Waals surface area contributed by atoms with Gasteiger partial charge in [0.15, 0.2) is 0 Å². The molecule has 1 heterocycles. The maximum atomic E-state index is 10.9. The number of nitrogens with two attached hydrogens (primary N) is 1. The zero-order valence-electron chi connectivity index (χ0n) is 10.5. The molecule has 3 N–H and O–H groups in total. The van der Waals surface area contributed by atoms with E-state index < -0.39 is 5.97 Å². The van der Waals surface area contributed by atoms with Crippen molar-refractivity contribution < 1.29 is 9.90 Å². The Balaban J connectivity index is 1.93. The van der Waals surface area contributed by atoms with Crippen molar-refractivity contribution in [2.75, 3.05) is 0 Å². The lowest BCUT2D eigenvalue weighted by atomic mass is 9.84. The second-order valence-corrected chi connectivity index (χ2v) is 4.98. The SMILES string of the molecule is NC1c2ccccc2CCC1n1ccc(C(=O)O)c1. The van der Waals surface area contributed by atoms with E-state index in [0.717, 1.165) is 12.8 Å². The first-order chi connectivity index (χ1) is 9.16. The quantitative estimate of drug-likeness (QED) is 0.866. The molecule has 0 aliphatic heterocycles. The Labute approximate surface area is 111 Å². The summed E-state index contributed by atoms with van der Waals surface area (Å²) in [7, 11) is 0. The van der Waals surface area contributed by atoms with Crippen LogP contribution in [-0.4, -0.2) is 15.6 Å². The summed E-state index contributed by atoms with van der Waals surface area (Å²) in [5, 5.41) is 8.98. The van der Waals surface area contributed by atoms with Crippen LogP contribution in [0.5, 0.6) is 0 Å². The van der Waals surface area contributed by atoms with Gasteiger partial charge in [-0.05, 0) is 30.0 Å². The minimum atomic E-state index is -0.900. The first-order valence-corrected chi connectivity index (χ1v) is 6.41. The second kappa shape index (κ2) is 4.55. The van der Waals surface area contributed by atoms with Gasteiger partial charge in [-0.1, -0.05) is 24.3 Å². The zero-order valence-corrected chi connectivity index (χ0v) is 10.5. The Morgan fingerprint density at radius 2 is 2.11 bits per heavy atom. The van der Waals surface area contributed by atoms with Crippen LogP contribution in [0.15, 0.2) is 42.7 Å². The van der Waals surface area contributed by atoms with Gasteiger partial charge in [-0.15, -0.1) is 0 Å². The van der Waals surface area contributed by atoms with Gasteiger partial charge < -0.3 is 15.4 Å². The van der Waals surface area contributed by atoms with E-state index in [9.17, 15) is 4.79 Å². The number of hydrogen-bond donors (Lipinski definition) is 2. The molecule has 0 fully saturated rings. The summed E-state index contributed by atoms with van der Waals surface area (Å²) in [5.41, 5.74) is 9.12. The second-order valence-electron chi connectivity index (χ2n) is 4.98. The Morgan fingerprint density at radius 1 is 1.32 bits per heavy atom. The molecule has 0 amide bonds. The summed E-state index contributed by atoms with van der Waals surface area (Å²) in [6.45, 7) is 0. The molecule has 4 heteroatoms. The van der Waals surface area contributed by atoms with E-state index in [2.05, 4.69) is 12.1 Å². The number of aromatic carboxylic acids is 1. The monoisotopic (exact) mass is 256 g/mol.